The summed E-state index contributed by atoms with van der Waals surface area (Å²) in [4.78, 5) is 25.1. The lowest BCUT2D eigenvalue weighted by molar-refractivity contribution is 0.0490. The zero-order valence-corrected chi connectivity index (χ0v) is 15.7. The van der Waals surface area contributed by atoms with Gasteiger partial charge in [0.25, 0.3) is 0 Å². The maximum Gasteiger partial charge on any atom is 0.374 e. The fourth-order valence-electron chi connectivity index (χ4n) is 4.09. The second-order valence-electron chi connectivity index (χ2n) is 6.81. The van der Waals surface area contributed by atoms with Crippen molar-refractivity contribution in [2.45, 2.75) is 58.8 Å². The molecule has 0 saturated heterocycles. The number of fused-ring (bicyclic) bond motifs is 2. The van der Waals surface area contributed by atoms with Gasteiger partial charge in [-0.05, 0) is 74.2 Å². The molecule has 0 fully saturated rings. The quantitative estimate of drug-likeness (QED) is 0.802. The number of nitrogens with two attached hydrogens (primary N) is 1. The lowest BCUT2D eigenvalue weighted by atomic mass is 9.81. The van der Waals surface area contributed by atoms with Crippen LogP contribution in [0.5, 0.6) is 0 Å². The van der Waals surface area contributed by atoms with Gasteiger partial charge in [-0.2, -0.15) is 0 Å². The first kappa shape index (κ1) is 18.6. The Bertz CT molecular complexity index is 882. The molecule has 1 aliphatic carbocycles. The summed E-state index contributed by atoms with van der Waals surface area (Å²) < 4.78 is 11.0. The van der Waals surface area contributed by atoms with Gasteiger partial charge in [0.15, 0.2) is 5.43 Å². The predicted molar refractivity (Wildman–Crippen MR) is 102 cm³/mol. The number of aryl methyl sites for hydroxylation is 1. The number of esters is 1. The lowest BCUT2D eigenvalue weighted by Gasteiger charge is -2.24. The highest BCUT2D eigenvalue weighted by atomic mass is 16.5. The first-order valence-electron chi connectivity index (χ1n) is 9.62. The number of carbonyl (C=O) groups excluding carboxylic acids is 1. The van der Waals surface area contributed by atoms with Crippen LogP contribution in [0.1, 0.15) is 65.9 Å². The average molecular weight is 357 g/mol. The molecule has 0 amide bonds. The van der Waals surface area contributed by atoms with Gasteiger partial charge in [0.1, 0.15) is 5.58 Å². The van der Waals surface area contributed by atoms with Crippen LogP contribution in [0.4, 0.5) is 0 Å². The van der Waals surface area contributed by atoms with Gasteiger partial charge in [0.2, 0.25) is 5.76 Å². The molecule has 2 N–H and O–H groups in total. The van der Waals surface area contributed by atoms with E-state index in [0.717, 1.165) is 49.7 Å². The van der Waals surface area contributed by atoms with Crippen LogP contribution >= 0.6 is 0 Å². The van der Waals surface area contributed by atoms with Crippen molar-refractivity contribution in [3.63, 3.8) is 0 Å². The van der Waals surface area contributed by atoms with Crippen LogP contribution < -0.4 is 11.2 Å². The zero-order chi connectivity index (χ0) is 18.7. The number of rotatable bonds is 6. The highest BCUT2D eigenvalue weighted by Gasteiger charge is 2.25. The van der Waals surface area contributed by atoms with Crippen LogP contribution in [0, 0.1) is 0 Å². The van der Waals surface area contributed by atoms with E-state index < -0.39 is 5.97 Å². The van der Waals surface area contributed by atoms with Crippen molar-refractivity contribution in [3.8, 4) is 0 Å². The molecule has 1 aliphatic rings. The van der Waals surface area contributed by atoms with E-state index in [0.29, 0.717) is 23.9 Å². The third kappa shape index (κ3) is 3.28. The Morgan fingerprint density at radius 3 is 2.46 bits per heavy atom. The molecule has 5 nitrogen and oxygen atoms in total. The van der Waals surface area contributed by atoms with Crippen LogP contribution in [0.25, 0.3) is 11.0 Å². The summed E-state index contributed by atoms with van der Waals surface area (Å²) in [5.74, 6) is -0.608. The van der Waals surface area contributed by atoms with E-state index >= 15 is 0 Å². The van der Waals surface area contributed by atoms with Crippen molar-refractivity contribution in [1.82, 2.24) is 0 Å². The van der Waals surface area contributed by atoms with E-state index in [-0.39, 0.29) is 17.8 Å². The third-order valence-corrected chi connectivity index (χ3v) is 5.09. The summed E-state index contributed by atoms with van der Waals surface area (Å²) in [7, 11) is 0. The molecule has 26 heavy (non-hydrogen) atoms. The Morgan fingerprint density at radius 2 is 1.85 bits per heavy atom. The van der Waals surface area contributed by atoms with Crippen molar-refractivity contribution in [2.75, 3.05) is 13.2 Å². The van der Waals surface area contributed by atoms with E-state index in [9.17, 15) is 9.59 Å². The van der Waals surface area contributed by atoms with Crippen molar-refractivity contribution in [2.24, 2.45) is 5.73 Å². The summed E-state index contributed by atoms with van der Waals surface area (Å²) in [5, 5.41) is 0.604. The maximum atomic E-state index is 12.9. The SMILES string of the molecule is CCCc1c2c(c(CCN)c3c(=O)cc(C(=O)OCC)oc13)CCCC2. The highest BCUT2D eigenvalue weighted by molar-refractivity contribution is 5.92. The number of benzene rings is 1. The number of hydrogen-bond donors (Lipinski definition) is 1. The van der Waals surface area contributed by atoms with E-state index in [1.807, 2.05) is 0 Å². The summed E-state index contributed by atoms with van der Waals surface area (Å²) in [6, 6.07) is 1.27. The van der Waals surface area contributed by atoms with Gasteiger partial charge >= 0.3 is 5.97 Å². The standard InChI is InChI=1S/C21H27NO4/c1-3-7-16-14-9-6-5-8-13(14)15(10-11-22)19-17(23)12-18(26-20(16)19)21(24)25-4-2/h12H,3-11,22H2,1-2H3. The normalized spacial score (nSPS) is 13.7. The second kappa shape index (κ2) is 8.04. The molecule has 0 atom stereocenters. The van der Waals surface area contributed by atoms with Gasteiger partial charge in [-0.3, -0.25) is 4.79 Å². The Kier molecular flexibility index (Phi) is 5.77. The van der Waals surface area contributed by atoms with Gasteiger partial charge < -0.3 is 14.9 Å². The Hall–Kier alpha value is -2.14. The fourth-order valence-corrected chi connectivity index (χ4v) is 4.09. The van der Waals surface area contributed by atoms with E-state index in [4.69, 9.17) is 14.9 Å². The predicted octanol–water partition coefficient (Wildman–Crippen LogP) is 3.30. The summed E-state index contributed by atoms with van der Waals surface area (Å²) in [5.41, 5.74) is 10.9. The molecule has 0 bridgehead atoms. The van der Waals surface area contributed by atoms with Crippen molar-refractivity contribution < 1.29 is 13.9 Å². The van der Waals surface area contributed by atoms with Gasteiger partial charge in [-0.15, -0.1) is 0 Å². The monoisotopic (exact) mass is 357 g/mol. The first-order valence-corrected chi connectivity index (χ1v) is 9.62. The molecule has 0 radical (unpaired) electrons. The van der Waals surface area contributed by atoms with Crippen LogP contribution in [0.3, 0.4) is 0 Å². The Labute approximate surface area is 153 Å². The minimum absolute atomic E-state index is 0.0174. The molecule has 140 valence electrons. The van der Waals surface area contributed by atoms with Gasteiger partial charge in [0.05, 0.1) is 12.0 Å². The molecule has 3 rings (SSSR count). The smallest absolute Gasteiger partial charge is 0.374 e. The number of carbonyl (C=O) groups is 1. The zero-order valence-electron chi connectivity index (χ0n) is 15.7. The van der Waals surface area contributed by atoms with E-state index in [1.54, 1.807) is 6.92 Å². The number of hydrogen-bond acceptors (Lipinski definition) is 5. The van der Waals surface area contributed by atoms with Crippen molar-refractivity contribution >= 4 is 16.9 Å². The average Bonchev–Trinajstić information content (AvgIpc) is 2.64. The molecule has 0 saturated carbocycles. The largest absolute Gasteiger partial charge is 0.460 e. The third-order valence-electron chi connectivity index (χ3n) is 5.09. The van der Waals surface area contributed by atoms with Crippen LogP contribution in [0.15, 0.2) is 15.3 Å². The molecule has 0 unspecified atom stereocenters. The molecule has 5 heteroatoms. The minimum Gasteiger partial charge on any atom is -0.460 e. The van der Waals surface area contributed by atoms with Crippen LogP contribution in [-0.2, 0) is 30.4 Å². The Morgan fingerprint density at radius 1 is 1.15 bits per heavy atom. The molecule has 0 spiro atoms. The molecule has 0 aliphatic heterocycles. The molecule has 1 heterocycles. The number of ether oxygens (including phenoxy) is 1. The molecular formula is C21H27NO4. The summed E-state index contributed by atoms with van der Waals surface area (Å²) in [6.45, 7) is 4.57. The second-order valence-corrected chi connectivity index (χ2v) is 6.81. The van der Waals surface area contributed by atoms with Gasteiger partial charge in [0, 0.05) is 6.07 Å². The fraction of sp³-hybridized carbons (Fsp3) is 0.524. The maximum absolute atomic E-state index is 12.9. The first-order chi connectivity index (χ1) is 12.6. The topological polar surface area (TPSA) is 82.5 Å². The molecule has 1 aromatic heterocycles. The minimum atomic E-state index is -0.591. The summed E-state index contributed by atoms with van der Waals surface area (Å²) >= 11 is 0. The van der Waals surface area contributed by atoms with Gasteiger partial charge in [-0.25, -0.2) is 4.79 Å². The van der Waals surface area contributed by atoms with Crippen molar-refractivity contribution in [1.29, 1.82) is 0 Å². The highest BCUT2D eigenvalue weighted by Crippen LogP contribution is 2.35. The van der Waals surface area contributed by atoms with Crippen LogP contribution in [-0.4, -0.2) is 19.1 Å². The summed E-state index contributed by atoms with van der Waals surface area (Å²) in [6.07, 6.45) is 6.67. The lowest BCUT2D eigenvalue weighted by Crippen LogP contribution is -2.19. The molecular weight excluding hydrogens is 330 g/mol. The Balaban J connectivity index is 2.37. The van der Waals surface area contributed by atoms with Crippen molar-refractivity contribution in [3.05, 3.63) is 44.3 Å². The van der Waals surface area contributed by atoms with Gasteiger partial charge in [-0.1, -0.05) is 13.3 Å². The van der Waals surface area contributed by atoms with E-state index in [1.165, 1.54) is 17.2 Å². The molecule has 1 aromatic carbocycles. The van der Waals surface area contributed by atoms with E-state index in [2.05, 4.69) is 6.92 Å². The molecule has 2 aromatic rings. The van der Waals surface area contributed by atoms with Crippen LogP contribution in [0.2, 0.25) is 0 Å².